The van der Waals surface area contributed by atoms with Crippen molar-refractivity contribution >= 4 is 32.4 Å². The number of hydrogen-bond acceptors (Lipinski definition) is 10. The van der Waals surface area contributed by atoms with Gasteiger partial charge in [0.2, 0.25) is 21.2 Å². The minimum Gasteiger partial charge on any atom is -0.494 e. The summed E-state index contributed by atoms with van der Waals surface area (Å²) in [6, 6.07) is 14.2. The number of sulfonamides is 1. The fourth-order valence-electron chi connectivity index (χ4n) is 3.07. The molecule has 1 amide bonds. The zero-order valence-electron chi connectivity index (χ0n) is 19.1. The Hall–Kier alpha value is -3.68. The van der Waals surface area contributed by atoms with Crippen LogP contribution in [0.25, 0.3) is 11.4 Å². The molecule has 13 heteroatoms. The minimum absolute atomic E-state index is 0.0702. The van der Waals surface area contributed by atoms with E-state index in [-0.39, 0.29) is 21.9 Å². The number of carbonyl (C=O) groups excluding carboxylic acids is 1. The fraction of sp³-hybridized carbons (Fsp3) is 0.227. The first kappa shape index (κ1) is 24.4. The van der Waals surface area contributed by atoms with Crippen LogP contribution in [0.2, 0.25) is 0 Å². The van der Waals surface area contributed by atoms with Gasteiger partial charge >= 0.3 is 0 Å². The Kier molecular flexibility index (Phi) is 7.19. The highest BCUT2D eigenvalue weighted by molar-refractivity contribution is 7.91. The van der Waals surface area contributed by atoms with Crippen molar-refractivity contribution in [1.29, 1.82) is 0 Å². The van der Waals surface area contributed by atoms with Crippen molar-refractivity contribution in [2.24, 2.45) is 0 Å². The van der Waals surface area contributed by atoms with E-state index in [1.807, 2.05) is 13.0 Å². The average Bonchev–Trinajstić information content (AvgIpc) is 3.50. The predicted molar refractivity (Wildman–Crippen MR) is 129 cm³/mol. The van der Waals surface area contributed by atoms with E-state index in [9.17, 15) is 13.2 Å². The number of aromatic nitrogens is 4. The molecule has 0 saturated heterocycles. The summed E-state index contributed by atoms with van der Waals surface area (Å²) in [7, 11) is -2.65. The summed E-state index contributed by atoms with van der Waals surface area (Å²) in [6.45, 7) is 4.09. The molecule has 0 bridgehead atoms. The van der Waals surface area contributed by atoms with Crippen LogP contribution in [-0.4, -0.2) is 52.6 Å². The summed E-state index contributed by atoms with van der Waals surface area (Å²) in [5.74, 6) is 0.755. The number of ether oxygens (including phenoxy) is 1. The van der Waals surface area contributed by atoms with E-state index < -0.39 is 15.9 Å². The molecule has 0 radical (unpaired) electrons. The first-order valence-corrected chi connectivity index (χ1v) is 12.8. The third-order valence-corrected chi connectivity index (χ3v) is 7.89. The normalized spacial score (nSPS) is 11.5. The van der Waals surface area contributed by atoms with E-state index in [1.54, 1.807) is 49.4 Å². The molecule has 4 aromatic rings. The lowest BCUT2D eigenvalue weighted by atomic mass is 10.1. The molecule has 1 N–H and O–H groups in total. The van der Waals surface area contributed by atoms with Crippen LogP contribution in [0.5, 0.6) is 5.75 Å². The topological polar surface area (TPSA) is 140 Å². The molecule has 2 aromatic heterocycles. The van der Waals surface area contributed by atoms with Crippen molar-refractivity contribution in [3.63, 3.8) is 0 Å². The summed E-state index contributed by atoms with van der Waals surface area (Å²) >= 11 is 0.753. The van der Waals surface area contributed by atoms with Crippen LogP contribution in [0.4, 0.5) is 5.13 Å². The predicted octanol–water partition coefficient (Wildman–Crippen LogP) is 3.37. The van der Waals surface area contributed by atoms with Crippen LogP contribution in [-0.2, 0) is 16.6 Å². The van der Waals surface area contributed by atoms with E-state index >= 15 is 0 Å². The number of hydrogen-bond donors (Lipinski definition) is 1. The minimum atomic E-state index is -4.01. The van der Waals surface area contributed by atoms with Crippen molar-refractivity contribution < 1.29 is 22.5 Å². The quantitative estimate of drug-likeness (QED) is 0.333. The summed E-state index contributed by atoms with van der Waals surface area (Å²) in [5, 5.41) is 14.1. The SMILES string of the molecule is CCOc1ccc(-c2noc(CN(C)S(=O)(=O)c3nnc(NC(=O)c4ccccc4C)s3)n2)cc1. The van der Waals surface area contributed by atoms with Crippen molar-refractivity contribution in [1.82, 2.24) is 24.6 Å². The van der Waals surface area contributed by atoms with Crippen molar-refractivity contribution in [3.05, 3.63) is 65.5 Å². The zero-order valence-corrected chi connectivity index (χ0v) is 20.8. The molecule has 0 saturated carbocycles. The summed E-state index contributed by atoms with van der Waals surface area (Å²) in [4.78, 5) is 16.7. The number of benzene rings is 2. The third kappa shape index (κ3) is 5.53. The molecule has 11 nitrogen and oxygen atoms in total. The highest BCUT2D eigenvalue weighted by Gasteiger charge is 2.28. The highest BCUT2D eigenvalue weighted by atomic mass is 32.2. The standard InChI is InChI=1S/C22H22N6O5S2/c1-4-32-16-11-9-15(10-12-16)19-23-18(33-27-19)13-28(3)35(30,31)22-26-25-21(34-22)24-20(29)17-8-6-5-7-14(17)2/h5-12H,4,13H2,1-3H3,(H,24,25,29). The number of rotatable bonds is 9. The Balaban J connectivity index is 1.43. The number of carbonyl (C=O) groups is 1. The van der Waals surface area contributed by atoms with Crippen LogP contribution >= 0.6 is 11.3 Å². The van der Waals surface area contributed by atoms with E-state index in [0.29, 0.717) is 23.6 Å². The Morgan fingerprint density at radius 3 is 2.60 bits per heavy atom. The first-order valence-electron chi connectivity index (χ1n) is 10.5. The highest BCUT2D eigenvalue weighted by Crippen LogP contribution is 2.25. The van der Waals surface area contributed by atoms with E-state index in [4.69, 9.17) is 9.26 Å². The molecule has 2 aromatic carbocycles. The molecule has 0 spiro atoms. The van der Waals surface area contributed by atoms with Gasteiger partial charge in [-0.2, -0.15) is 9.29 Å². The second kappa shape index (κ2) is 10.3. The lowest BCUT2D eigenvalue weighted by molar-refractivity contribution is 0.102. The maximum Gasteiger partial charge on any atom is 0.272 e. The zero-order chi connectivity index (χ0) is 25.0. The van der Waals surface area contributed by atoms with Gasteiger partial charge in [-0.15, -0.1) is 10.2 Å². The largest absolute Gasteiger partial charge is 0.494 e. The molecule has 182 valence electrons. The first-order chi connectivity index (χ1) is 16.8. The van der Waals surface area contributed by atoms with E-state index in [1.165, 1.54) is 7.05 Å². The summed E-state index contributed by atoms with van der Waals surface area (Å²) < 4.78 is 37.3. The van der Waals surface area contributed by atoms with Crippen molar-refractivity contribution in [2.75, 3.05) is 19.0 Å². The Bertz CT molecular complexity index is 1430. The monoisotopic (exact) mass is 514 g/mol. The van der Waals surface area contributed by atoms with Crippen LogP contribution in [0, 0.1) is 6.92 Å². The average molecular weight is 515 g/mol. The second-order valence-corrected chi connectivity index (χ2v) is 10.6. The van der Waals surface area contributed by atoms with Gasteiger partial charge in [-0.3, -0.25) is 10.1 Å². The number of amides is 1. The molecular formula is C22H22N6O5S2. The van der Waals surface area contributed by atoms with Gasteiger partial charge < -0.3 is 9.26 Å². The number of aryl methyl sites for hydroxylation is 1. The van der Waals surface area contributed by atoms with E-state index in [2.05, 4.69) is 25.7 Å². The maximum absolute atomic E-state index is 13.0. The molecule has 2 heterocycles. The van der Waals surface area contributed by atoms with Gasteiger partial charge in [0.15, 0.2) is 0 Å². The molecular weight excluding hydrogens is 492 g/mol. The molecule has 0 unspecified atom stereocenters. The van der Waals surface area contributed by atoms with Gasteiger partial charge in [-0.1, -0.05) is 34.7 Å². The molecule has 0 fully saturated rings. The lowest BCUT2D eigenvalue weighted by Gasteiger charge is -2.11. The van der Waals surface area contributed by atoms with Crippen LogP contribution in [0.15, 0.2) is 57.4 Å². The summed E-state index contributed by atoms with van der Waals surface area (Å²) in [5.41, 5.74) is 1.95. The van der Waals surface area contributed by atoms with Crippen LogP contribution in [0.3, 0.4) is 0 Å². The number of nitrogens with one attached hydrogen (secondary N) is 1. The summed E-state index contributed by atoms with van der Waals surface area (Å²) in [6.07, 6.45) is 0. The van der Waals surface area contributed by atoms with E-state index in [0.717, 1.165) is 27.0 Å². The fourth-order valence-corrected chi connectivity index (χ4v) is 5.27. The lowest BCUT2D eigenvalue weighted by Crippen LogP contribution is -2.26. The van der Waals surface area contributed by atoms with Gasteiger partial charge in [0.05, 0.1) is 13.2 Å². The molecule has 35 heavy (non-hydrogen) atoms. The Labute approximate surface area is 205 Å². The maximum atomic E-state index is 13.0. The smallest absolute Gasteiger partial charge is 0.272 e. The van der Waals surface area contributed by atoms with Crippen molar-refractivity contribution in [2.45, 2.75) is 24.7 Å². The van der Waals surface area contributed by atoms with Gasteiger partial charge in [0.1, 0.15) is 5.75 Å². The van der Waals surface area contributed by atoms with Crippen LogP contribution < -0.4 is 10.1 Å². The third-order valence-electron chi connectivity index (χ3n) is 4.90. The molecule has 0 atom stereocenters. The second-order valence-electron chi connectivity index (χ2n) is 7.37. The molecule has 0 aliphatic rings. The number of nitrogens with zero attached hydrogens (tertiary/aromatic N) is 5. The van der Waals surface area contributed by atoms with Gasteiger partial charge in [-0.05, 0) is 49.7 Å². The van der Waals surface area contributed by atoms with Gasteiger partial charge in [0.25, 0.3) is 15.9 Å². The Morgan fingerprint density at radius 1 is 1.14 bits per heavy atom. The Morgan fingerprint density at radius 2 is 1.89 bits per heavy atom. The van der Waals surface area contributed by atoms with Crippen molar-refractivity contribution in [3.8, 4) is 17.1 Å². The number of anilines is 1. The van der Waals surface area contributed by atoms with Gasteiger partial charge in [-0.25, -0.2) is 8.42 Å². The molecule has 0 aliphatic heterocycles. The van der Waals surface area contributed by atoms with Crippen LogP contribution in [0.1, 0.15) is 28.7 Å². The van der Waals surface area contributed by atoms with Gasteiger partial charge in [0, 0.05) is 18.2 Å². The molecule has 0 aliphatic carbocycles. The molecule has 4 rings (SSSR count).